The van der Waals surface area contributed by atoms with Gasteiger partial charge in [0.15, 0.2) is 0 Å². The van der Waals surface area contributed by atoms with E-state index in [4.69, 9.17) is 0 Å². The number of thiophene rings is 1. The number of aromatic nitrogens is 2. The summed E-state index contributed by atoms with van der Waals surface area (Å²) >= 11 is 1.88. The first-order valence-corrected chi connectivity index (χ1v) is 18.3. The van der Waals surface area contributed by atoms with E-state index in [2.05, 4.69) is 191 Å². The Morgan fingerprint density at radius 1 is 0.314 bits per heavy atom. The molecule has 3 aromatic heterocycles. The molecule has 3 heteroatoms. The molecule has 0 saturated carbocycles. The molecule has 0 aliphatic carbocycles. The molecule has 8 aromatic carbocycles. The molecular formula is C48H30N2S. The number of nitrogens with zero attached hydrogens (tertiary/aromatic N) is 2. The number of benzene rings is 8. The van der Waals surface area contributed by atoms with Crippen molar-refractivity contribution in [2.75, 3.05) is 0 Å². The fraction of sp³-hybridized carbons (Fsp3) is 0. The lowest BCUT2D eigenvalue weighted by atomic mass is 9.98. The van der Waals surface area contributed by atoms with Crippen LogP contribution in [0.15, 0.2) is 182 Å². The lowest BCUT2D eigenvalue weighted by molar-refractivity contribution is 1.16. The van der Waals surface area contributed by atoms with Gasteiger partial charge in [-0.25, -0.2) is 0 Å². The first-order valence-electron chi connectivity index (χ1n) is 17.4. The zero-order valence-electron chi connectivity index (χ0n) is 27.6. The van der Waals surface area contributed by atoms with Crippen molar-refractivity contribution < 1.29 is 0 Å². The van der Waals surface area contributed by atoms with Gasteiger partial charge in [-0.3, -0.25) is 0 Å². The van der Waals surface area contributed by atoms with E-state index in [1.807, 2.05) is 11.3 Å². The standard InChI is InChI=1S/C48H30N2S/c1-2-12-31(13-3-1)32-22-24-33(25-23-32)34-28-45(48-40-17-7-11-21-46(40)51-47(48)29-34)50-43-20-10-6-16-38(43)39-27-26-35(30-44(39)50)49-41-18-8-4-14-36(41)37-15-5-9-19-42(37)49/h1-30H. The number of fused-ring (bicyclic) bond motifs is 9. The minimum absolute atomic E-state index is 1.16. The summed E-state index contributed by atoms with van der Waals surface area (Å²) in [5.74, 6) is 0. The summed E-state index contributed by atoms with van der Waals surface area (Å²) in [4.78, 5) is 0. The summed E-state index contributed by atoms with van der Waals surface area (Å²) in [7, 11) is 0. The molecule has 0 unspecified atom stereocenters. The lowest BCUT2D eigenvalue weighted by Crippen LogP contribution is -1.98. The van der Waals surface area contributed by atoms with Crippen molar-refractivity contribution in [3.8, 4) is 33.6 Å². The van der Waals surface area contributed by atoms with Gasteiger partial charge in [-0.2, -0.15) is 0 Å². The van der Waals surface area contributed by atoms with E-state index in [0.29, 0.717) is 0 Å². The molecule has 0 saturated heterocycles. The smallest absolute Gasteiger partial charge is 0.0562 e. The van der Waals surface area contributed by atoms with Crippen LogP contribution in [0.1, 0.15) is 0 Å². The maximum atomic E-state index is 2.52. The topological polar surface area (TPSA) is 9.86 Å². The van der Waals surface area contributed by atoms with Gasteiger partial charge < -0.3 is 9.13 Å². The molecule has 11 aromatic rings. The van der Waals surface area contributed by atoms with Crippen LogP contribution in [-0.4, -0.2) is 9.13 Å². The van der Waals surface area contributed by atoms with E-state index < -0.39 is 0 Å². The van der Waals surface area contributed by atoms with Crippen LogP contribution in [0.4, 0.5) is 0 Å². The molecule has 0 aliphatic heterocycles. The second-order valence-electron chi connectivity index (χ2n) is 13.3. The Labute approximate surface area is 298 Å². The van der Waals surface area contributed by atoms with Crippen molar-refractivity contribution in [3.63, 3.8) is 0 Å². The van der Waals surface area contributed by atoms with Crippen LogP contribution in [-0.2, 0) is 0 Å². The van der Waals surface area contributed by atoms with E-state index in [1.54, 1.807) is 0 Å². The van der Waals surface area contributed by atoms with Gasteiger partial charge in [0.2, 0.25) is 0 Å². The molecular weight excluding hydrogens is 637 g/mol. The van der Waals surface area contributed by atoms with Crippen molar-refractivity contribution in [1.29, 1.82) is 0 Å². The van der Waals surface area contributed by atoms with Gasteiger partial charge in [-0.15, -0.1) is 11.3 Å². The van der Waals surface area contributed by atoms with E-state index in [0.717, 1.165) is 5.69 Å². The molecule has 0 radical (unpaired) electrons. The predicted octanol–water partition coefficient (Wildman–Crippen LogP) is 13.6. The molecule has 0 N–H and O–H groups in total. The van der Waals surface area contributed by atoms with Crippen LogP contribution in [0.25, 0.3) is 97.4 Å². The fourth-order valence-electron chi connectivity index (χ4n) is 8.22. The Morgan fingerprint density at radius 3 is 1.49 bits per heavy atom. The van der Waals surface area contributed by atoms with Gasteiger partial charge in [0.05, 0.1) is 27.8 Å². The average Bonchev–Trinajstić information content (AvgIpc) is 3.85. The van der Waals surface area contributed by atoms with Crippen LogP contribution >= 0.6 is 11.3 Å². The summed E-state index contributed by atoms with van der Waals surface area (Å²) < 4.78 is 7.54. The number of para-hydroxylation sites is 3. The minimum Gasteiger partial charge on any atom is -0.309 e. The minimum atomic E-state index is 1.16. The zero-order valence-corrected chi connectivity index (χ0v) is 28.4. The predicted molar refractivity (Wildman–Crippen MR) is 219 cm³/mol. The molecule has 11 rings (SSSR count). The summed E-state index contributed by atoms with van der Waals surface area (Å²) in [5, 5.41) is 7.64. The highest BCUT2D eigenvalue weighted by atomic mass is 32.1. The molecule has 0 bridgehead atoms. The van der Waals surface area contributed by atoms with Crippen molar-refractivity contribution in [2.24, 2.45) is 0 Å². The van der Waals surface area contributed by atoms with Gasteiger partial charge in [0, 0.05) is 47.4 Å². The molecule has 0 amide bonds. The molecule has 0 spiro atoms. The molecule has 0 atom stereocenters. The van der Waals surface area contributed by atoms with E-state index >= 15 is 0 Å². The largest absolute Gasteiger partial charge is 0.309 e. The van der Waals surface area contributed by atoms with Crippen LogP contribution in [0.2, 0.25) is 0 Å². The Kier molecular flexibility index (Phi) is 6.16. The maximum Gasteiger partial charge on any atom is 0.0562 e. The van der Waals surface area contributed by atoms with Crippen LogP contribution in [0, 0.1) is 0 Å². The zero-order chi connectivity index (χ0) is 33.5. The average molecular weight is 667 g/mol. The van der Waals surface area contributed by atoms with Gasteiger partial charge in [0.1, 0.15) is 0 Å². The summed E-state index contributed by atoms with van der Waals surface area (Å²) in [6.07, 6.45) is 0. The molecule has 3 heterocycles. The first-order chi connectivity index (χ1) is 25.3. The highest BCUT2D eigenvalue weighted by Crippen LogP contribution is 2.44. The number of hydrogen-bond donors (Lipinski definition) is 0. The highest BCUT2D eigenvalue weighted by molar-refractivity contribution is 7.26. The number of hydrogen-bond acceptors (Lipinski definition) is 1. The highest BCUT2D eigenvalue weighted by Gasteiger charge is 2.20. The van der Waals surface area contributed by atoms with Crippen LogP contribution in [0.3, 0.4) is 0 Å². The van der Waals surface area contributed by atoms with E-state index in [9.17, 15) is 0 Å². The third kappa shape index (κ3) is 4.29. The van der Waals surface area contributed by atoms with Gasteiger partial charge in [0.25, 0.3) is 0 Å². The van der Waals surface area contributed by atoms with Gasteiger partial charge in [-0.05, 0) is 70.8 Å². The first kappa shape index (κ1) is 28.4. The maximum absolute atomic E-state index is 2.52. The van der Waals surface area contributed by atoms with Crippen LogP contribution in [0.5, 0.6) is 0 Å². The normalized spacial score (nSPS) is 11.9. The lowest BCUT2D eigenvalue weighted by Gasteiger charge is -2.15. The second kappa shape index (κ2) is 11.0. The quantitative estimate of drug-likeness (QED) is 0.177. The molecule has 238 valence electrons. The summed E-state index contributed by atoms with van der Waals surface area (Å²) in [5.41, 5.74) is 12.1. The fourth-order valence-corrected chi connectivity index (χ4v) is 9.39. The Bertz CT molecular complexity index is 3070. The van der Waals surface area contributed by atoms with Crippen molar-refractivity contribution in [2.45, 2.75) is 0 Å². The van der Waals surface area contributed by atoms with Crippen molar-refractivity contribution >= 4 is 75.1 Å². The third-order valence-corrected chi connectivity index (χ3v) is 11.6. The molecule has 2 nitrogen and oxygen atoms in total. The van der Waals surface area contributed by atoms with Crippen molar-refractivity contribution in [1.82, 2.24) is 9.13 Å². The van der Waals surface area contributed by atoms with Crippen LogP contribution < -0.4 is 0 Å². The Morgan fingerprint density at radius 2 is 0.824 bits per heavy atom. The molecule has 0 fully saturated rings. The SMILES string of the molecule is c1ccc(-c2ccc(-c3cc(-n4c5ccccc5c5ccc(-n6c7ccccc7c7ccccc76)cc54)c4c(c3)sc3ccccc34)cc2)cc1. The van der Waals surface area contributed by atoms with Gasteiger partial charge in [-0.1, -0.05) is 133 Å². The summed E-state index contributed by atoms with van der Waals surface area (Å²) in [6, 6.07) is 66.7. The Hall–Kier alpha value is -6.42. The van der Waals surface area contributed by atoms with Gasteiger partial charge >= 0.3 is 0 Å². The van der Waals surface area contributed by atoms with Crippen molar-refractivity contribution in [3.05, 3.63) is 182 Å². The van der Waals surface area contributed by atoms with E-state index in [1.165, 1.54) is 91.7 Å². The molecule has 0 aliphatic rings. The molecule has 51 heavy (non-hydrogen) atoms. The summed E-state index contributed by atoms with van der Waals surface area (Å²) in [6.45, 7) is 0. The Balaban J connectivity index is 1.21. The number of rotatable bonds is 4. The third-order valence-electron chi connectivity index (χ3n) is 10.5. The second-order valence-corrected chi connectivity index (χ2v) is 14.4. The van der Waals surface area contributed by atoms with E-state index in [-0.39, 0.29) is 0 Å². The monoisotopic (exact) mass is 666 g/mol.